The third kappa shape index (κ3) is 8.30. The monoisotopic (exact) mass is 443 g/mol. The molecule has 0 aliphatic carbocycles. The first kappa shape index (κ1) is 25.3. The molecular weight excluding hydrogens is 406 g/mol. The van der Waals surface area contributed by atoms with Gasteiger partial charge >= 0.3 is 0 Å². The molecule has 7 heteroatoms. The van der Waals surface area contributed by atoms with Gasteiger partial charge in [0.25, 0.3) is 0 Å². The second-order valence-corrected chi connectivity index (χ2v) is 7.69. The first-order valence-corrected chi connectivity index (χ1v) is 11.1. The van der Waals surface area contributed by atoms with Crippen LogP contribution < -0.4 is 24.8 Å². The van der Waals surface area contributed by atoms with Crippen LogP contribution in [0.2, 0.25) is 0 Å². The third-order valence-electron chi connectivity index (χ3n) is 4.76. The van der Waals surface area contributed by atoms with Crippen molar-refractivity contribution in [3.05, 3.63) is 53.6 Å². The zero-order valence-electron chi connectivity index (χ0n) is 19.9. The van der Waals surface area contributed by atoms with Gasteiger partial charge in [-0.1, -0.05) is 18.2 Å². The number of methoxy groups -OCH3 is 2. The van der Waals surface area contributed by atoms with E-state index in [1.165, 1.54) is 5.56 Å². The van der Waals surface area contributed by atoms with Crippen molar-refractivity contribution in [3.8, 4) is 17.2 Å². The Hall–Kier alpha value is -2.93. The number of benzene rings is 2. The van der Waals surface area contributed by atoms with Crippen molar-refractivity contribution in [1.82, 2.24) is 10.6 Å². The number of hydrogen-bond acceptors (Lipinski definition) is 5. The molecule has 0 aliphatic rings. The van der Waals surface area contributed by atoms with Crippen molar-refractivity contribution in [1.29, 1.82) is 0 Å². The number of rotatable bonds is 12. The van der Waals surface area contributed by atoms with Crippen LogP contribution in [0.15, 0.2) is 47.5 Å². The van der Waals surface area contributed by atoms with Crippen LogP contribution in [0.3, 0.4) is 0 Å². The number of aryl methyl sites for hydroxylation is 1. The summed E-state index contributed by atoms with van der Waals surface area (Å²) < 4.78 is 16.4. The lowest BCUT2D eigenvalue weighted by Crippen LogP contribution is -2.38. The highest BCUT2D eigenvalue weighted by molar-refractivity contribution is 5.79. The molecule has 1 unspecified atom stereocenters. The van der Waals surface area contributed by atoms with E-state index in [1.807, 2.05) is 63.2 Å². The van der Waals surface area contributed by atoms with Crippen LogP contribution in [-0.2, 0) is 6.42 Å². The summed E-state index contributed by atoms with van der Waals surface area (Å²) in [5, 5.41) is 17.1. The Kier molecular flexibility index (Phi) is 10.7. The molecule has 0 fully saturated rings. The van der Waals surface area contributed by atoms with Crippen LogP contribution in [0.5, 0.6) is 17.2 Å². The van der Waals surface area contributed by atoms with Crippen molar-refractivity contribution in [2.24, 2.45) is 4.99 Å². The van der Waals surface area contributed by atoms with Crippen LogP contribution >= 0.6 is 0 Å². The summed E-state index contributed by atoms with van der Waals surface area (Å²) in [7, 11) is 3.28. The first-order chi connectivity index (χ1) is 15.5. The molecule has 2 rings (SSSR count). The SMILES string of the molecule is CCNC(=NCC(O)c1cccc(OC(C)C)c1)NCCCc1ccc(OC)c(OC)c1. The highest BCUT2D eigenvalue weighted by Crippen LogP contribution is 2.27. The van der Waals surface area contributed by atoms with E-state index >= 15 is 0 Å². The molecular formula is C25H37N3O4. The maximum Gasteiger partial charge on any atom is 0.191 e. The average Bonchev–Trinajstić information content (AvgIpc) is 2.79. The topological polar surface area (TPSA) is 84.3 Å². The maximum absolute atomic E-state index is 10.6. The first-order valence-electron chi connectivity index (χ1n) is 11.1. The number of guanidine groups is 1. The van der Waals surface area contributed by atoms with Gasteiger partial charge in [0, 0.05) is 13.1 Å². The summed E-state index contributed by atoms with van der Waals surface area (Å²) in [6, 6.07) is 13.5. The largest absolute Gasteiger partial charge is 0.493 e. The van der Waals surface area contributed by atoms with Crippen LogP contribution in [0.4, 0.5) is 0 Å². The second-order valence-electron chi connectivity index (χ2n) is 7.69. The van der Waals surface area contributed by atoms with E-state index in [0.29, 0.717) is 5.96 Å². The minimum absolute atomic E-state index is 0.0870. The lowest BCUT2D eigenvalue weighted by Gasteiger charge is -2.15. The van der Waals surface area contributed by atoms with Crippen molar-refractivity contribution >= 4 is 5.96 Å². The molecule has 0 saturated carbocycles. The Balaban J connectivity index is 1.87. The summed E-state index contributed by atoms with van der Waals surface area (Å²) in [5.74, 6) is 2.91. The Morgan fingerprint density at radius 1 is 1.03 bits per heavy atom. The van der Waals surface area contributed by atoms with E-state index in [9.17, 15) is 5.11 Å². The molecule has 176 valence electrons. The molecule has 0 radical (unpaired) electrons. The van der Waals surface area contributed by atoms with Crippen LogP contribution in [0.25, 0.3) is 0 Å². The van der Waals surface area contributed by atoms with Crippen LogP contribution in [0, 0.1) is 0 Å². The number of aliphatic imine (C=N–C) groups is 1. The van der Waals surface area contributed by atoms with E-state index in [1.54, 1.807) is 14.2 Å². The highest BCUT2D eigenvalue weighted by Gasteiger charge is 2.10. The molecule has 2 aromatic carbocycles. The molecule has 0 bridgehead atoms. The van der Waals surface area contributed by atoms with Gasteiger partial charge in [-0.05, 0) is 69.0 Å². The molecule has 0 aliphatic heterocycles. The summed E-state index contributed by atoms with van der Waals surface area (Å²) in [4.78, 5) is 4.54. The third-order valence-corrected chi connectivity index (χ3v) is 4.76. The van der Waals surface area contributed by atoms with Gasteiger partial charge in [-0.2, -0.15) is 0 Å². The standard InChI is InChI=1S/C25H37N3O4/c1-6-26-25(27-14-8-9-19-12-13-23(30-4)24(15-19)31-5)28-17-22(29)20-10-7-11-21(16-20)32-18(2)3/h7,10-13,15-16,18,22,29H,6,8-9,14,17H2,1-5H3,(H2,26,27,28). The molecule has 0 saturated heterocycles. The number of hydrogen-bond donors (Lipinski definition) is 3. The molecule has 0 aromatic heterocycles. The normalized spacial score (nSPS) is 12.4. The van der Waals surface area contributed by atoms with Gasteiger partial charge in [0.15, 0.2) is 17.5 Å². The second kappa shape index (κ2) is 13.5. The molecule has 32 heavy (non-hydrogen) atoms. The molecule has 2 aromatic rings. The van der Waals surface area contributed by atoms with Crippen LogP contribution in [-0.4, -0.2) is 51.0 Å². The predicted molar refractivity (Wildman–Crippen MR) is 129 cm³/mol. The Bertz CT molecular complexity index is 855. The smallest absolute Gasteiger partial charge is 0.191 e. The van der Waals surface area contributed by atoms with E-state index in [2.05, 4.69) is 15.6 Å². The van der Waals surface area contributed by atoms with Gasteiger partial charge in [-0.25, -0.2) is 0 Å². The summed E-state index contributed by atoms with van der Waals surface area (Å²) in [6.45, 7) is 7.74. The predicted octanol–water partition coefficient (Wildman–Crippen LogP) is 3.71. The summed E-state index contributed by atoms with van der Waals surface area (Å²) in [6.07, 6.45) is 1.21. The lowest BCUT2D eigenvalue weighted by molar-refractivity contribution is 0.185. The van der Waals surface area contributed by atoms with Gasteiger partial charge in [-0.15, -0.1) is 0 Å². The number of nitrogens with one attached hydrogen (secondary N) is 2. The number of ether oxygens (including phenoxy) is 3. The molecule has 0 heterocycles. The quantitative estimate of drug-likeness (QED) is 0.263. The highest BCUT2D eigenvalue weighted by atomic mass is 16.5. The van der Waals surface area contributed by atoms with Gasteiger partial charge in [0.1, 0.15) is 5.75 Å². The Labute approximate surface area is 191 Å². The average molecular weight is 444 g/mol. The van der Waals surface area contributed by atoms with Gasteiger partial charge in [0.05, 0.1) is 33.0 Å². The van der Waals surface area contributed by atoms with Crippen molar-refractivity contribution in [3.63, 3.8) is 0 Å². The number of aliphatic hydroxyl groups is 1. The molecule has 1 atom stereocenters. The molecule has 0 spiro atoms. The molecule has 0 amide bonds. The van der Waals surface area contributed by atoms with Crippen molar-refractivity contribution in [2.45, 2.75) is 45.8 Å². The fraction of sp³-hybridized carbons (Fsp3) is 0.480. The minimum atomic E-state index is -0.701. The van der Waals surface area contributed by atoms with E-state index in [-0.39, 0.29) is 12.6 Å². The fourth-order valence-electron chi connectivity index (χ4n) is 3.23. The summed E-state index contributed by atoms with van der Waals surface area (Å²) in [5.41, 5.74) is 1.97. The molecule has 7 nitrogen and oxygen atoms in total. The lowest BCUT2D eigenvalue weighted by atomic mass is 10.1. The van der Waals surface area contributed by atoms with E-state index in [4.69, 9.17) is 14.2 Å². The number of nitrogens with zero attached hydrogens (tertiary/aromatic N) is 1. The zero-order chi connectivity index (χ0) is 23.3. The van der Waals surface area contributed by atoms with E-state index < -0.39 is 6.10 Å². The Morgan fingerprint density at radius 3 is 2.50 bits per heavy atom. The zero-order valence-corrected chi connectivity index (χ0v) is 19.9. The fourth-order valence-corrected chi connectivity index (χ4v) is 3.23. The molecule has 3 N–H and O–H groups in total. The van der Waals surface area contributed by atoms with Crippen molar-refractivity contribution < 1.29 is 19.3 Å². The Morgan fingerprint density at radius 2 is 1.81 bits per heavy atom. The van der Waals surface area contributed by atoms with E-state index in [0.717, 1.165) is 48.7 Å². The maximum atomic E-state index is 10.6. The van der Waals surface area contributed by atoms with Gasteiger partial charge < -0.3 is 30.0 Å². The van der Waals surface area contributed by atoms with Gasteiger partial charge in [-0.3, -0.25) is 4.99 Å². The number of aliphatic hydroxyl groups excluding tert-OH is 1. The van der Waals surface area contributed by atoms with Crippen molar-refractivity contribution in [2.75, 3.05) is 33.9 Å². The minimum Gasteiger partial charge on any atom is -0.493 e. The van der Waals surface area contributed by atoms with Gasteiger partial charge in [0.2, 0.25) is 0 Å². The van der Waals surface area contributed by atoms with Crippen LogP contribution in [0.1, 0.15) is 44.4 Å². The summed E-state index contributed by atoms with van der Waals surface area (Å²) >= 11 is 0.